The van der Waals surface area contributed by atoms with Crippen molar-refractivity contribution < 1.29 is 23.1 Å². The minimum Gasteiger partial charge on any atom is -0.481 e. The van der Waals surface area contributed by atoms with E-state index in [1.165, 1.54) is 4.90 Å². The van der Waals surface area contributed by atoms with Crippen molar-refractivity contribution in [3.63, 3.8) is 0 Å². The summed E-state index contributed by atoms with van der Waals surface area (Å²) in [4.78, 5) is 24.1. The maximum atomic E-state index is 12.0. The Labute approximate surface area is 111 Å². The fourth-order valence-electron chi connectivity index (χ4n) is 2.18. The van der Waals surface area contributed by atoms with Crippen LogP contribution in [-0.2, 0) is 14.6 Å². The molecule has 1 aliphatic heterocycles. The molecule has 7 nitrogen and oxygen atoms in total. The van der Waals surface area contributed by atoms with Gasteiger partial charge in [-0.1, -0.05) is 0 Å². The van der Waals surface area contributed by atoms with Crippen molar-refractivity contribution in [3.05, 3.63) is 0 Å². The van der Waals surface area contributed by atoms with Crippen molar-refractivity contribution >= 4 is 21.8 Å². The first-order valence-corrected chi connectivity index (χ1v) is 8.16. The van der Waals surface area contributed by atoms with Crippen LogP contribution in [0.5, 0.6) is 0 Å². The predicted octanol–water partition coefficient (Wildman–Crippen LogP) is -0.320. The normalized spacial score (nSPS) is 25.9. The molecule has 2 amide bonds. The molecule has 0 aromatic rings. The van der Waals surface area contributed by atoms with Crippen LogP contribution in [-0.4, -0.2) is 61.1 Å². The molecular weight excluding hydrogens is 272 g/mol. The average Bonchev–Trinajstić information content (AvgIpc) is 3.07. The van der Waals surface area contributed by atoms with Gasteiger partial charge in [0.05, 0.1) is 24.0 Å². The van der Waals surface area contributed by atoms with Crippen LogP contribution < -0.4 is 5.32 Å². The fourth-order valence-corrected chi connectivity index (χ4v) is 3.71. The molecule has 19 heavy (non-hydrogen) atoms. The molecule has 1 unspecified atom stereocenters. The van der Waals surface area contributed by atoms with Gasteiger partial charge >= 0.3 is 12.0 Å². The Kier molecular flexibility index (Phi) is 3.98. The molecule has 1 saturated carbocycles. The third-order valence-electron chi connectivity index (χ3n) is 3.44. The molecule has 2 rings (SSSR count). The number of carbonyl (C=O) groups is 2. The molecule has 1 aliphatic carbocycles. The van der Waals surface area contributed by atoms with Crippen LogP contribution >= 0.6 is 0 Å². The van der Waals surface area contributed by atoms with Gasteiger partial charge < -0.3 is 15.3 Å². The van der Waals surface area contributed by atoms with Crippen LogP contribution in [0.1, 0.15) is 19.3 Å². The number of urea groups is 1. The molecule has 1 atom stereocenters. The Hall–Kier alpha value is -1.31. The second-order valence-corrected chi connectivity index (χ2v) is 7.42. The monoisotopic (exact) mass is 290 g/mol. The van der Waals surface area contributed by atoms with Crippen molar-refractivity contribution in [2.24, 2.45) is 5.92 Å². The first-order valence-electron chi connectivity index (χ1n) is 6.34. The molecule has 8 heteroatoms. The van der Waals surface area contributed by atoms with E-state index in [1.54, 1.807) is 0 Å². The fraction of sp³-hybridized carbons (Fsp3) is 0.818. The van der Waals surface area contributed by atoms with Gasteiger partial charge in [0.2, 0.25) is 0 Å². The number of carbonyl (C=O) groups excluding carboxylic acids is 1. The molecule has 2 aliphatic rings. The first-order chi connectivity index (χ1) is 8.87. The lowest BCUT2D eigenvalue weighted by molar-refractivity contribution is -0.138. The van der Waals surface area contributed by atoms with Crippen LogP contribution in [0.15, 0.2) is 0 Å². The lowest BCUT2D eigenvalue weighted by Gasteiger charge is -2.34. The summed E-state index contributed by atoms with van der Waals surface area (Å²) in [6.45, 7) is 0.651. The smallest absolute Gasteiger partial charge is 0.317 e. The van der Waals surface area contributed by atoms with Crippen LogP contribution in [0.25, 0.3) is 0 Å². The number of nitrogens with one attached hydrogen (secondary N) is 1. The lowest BCUT2D eigenvalue weighted by Crippen LogP contribution is -2.55. The minimum atomic E-state index is -3.25. The Morgan fingerprint density at radius 1 is 1.32 bits per heavy atom. The zero-order chi connectivity index (χ0) is 14.0. The minimum absolute atomic E-state index is 0.0662. The van der Waals surface area contributed by atoms with Crippen molar-refractivity contribution in [2.45, 2.75) is 25.3 Å². The number of hydrogen-bond donors (Lipinski definition) is 2. The van der Waals surface area contributed by atoms with Gasteiger partial charge in [0.1, 0.15) is 0 Å². The van der Waals surface area contributed by atoms with E-state index in [9.17, 15) is 18.0 Å². The largest absolute Gasteiger partial charge is 0.481 e. The summed E-state index contributed by atoms with van der Waals surface area (Å²) in [7, 11) is -3.25. The highest BCUT2D eigenvalue weighted by Gasteiger charge is 2.35. The van der Waals surface area contributed by atoms with E-state index in [-0.39, 0.29) is 30.5 Å². The molecule has 0 aromatic carbocycles. The summed E-state index contributed by atoms with van der Waals surface area (Å²) in [5.41, 5.74) is 0. The number of amides is 2. The molecule has 1 saturated heterocycles. The third-order valence-corrected chi connectivity index (χ3v) is 5.14. The molecule has 108 valence electrons. The molecule has 2 fully saturated rings. The second kappa shape index (κ2) is 5.36. The van der Waals surface area contributed by atoms with Crippen molar-refractivity contribution in [2.75, 3.05) is 24.6 Å². The molecule has 2 N–H and O–H groups in total. The Balaban J connectivity index is 1.98. The highest BCUT2D eigenvalue weighted by atomic mass is 32.2. The van der Waals surface area contributed by atoms with E-state index in [4.69, 9.17) is 5.11 Å². The summed E-state index contributed by atoms with van der Waals surface area (Å²) in [6.07, 6.45) is 1.87. The number of nitrogens with zero attached hydrogens (tertiary/aromatic N) is 1. The Morgan fingerprint density at radius 2 is 2.00 bits per heavy atom. The standard InChI is InChI=1S/C11H18N2O5S/c14-10(15)5-9-7-19(17,18)4-3-13(9)11(16)12-6-8-1-2-8/h8-9H,1-7H2,(H,12,16)(H,14,15). The van der Waals surface area contributed by atoms with Crippen molar-refractivity contribution in [3.8, 4) is 0 Å². The summed E-state index contributed by atoms with van der Waals surface area (Å²) < 4.78 is 23.1. The predicted molar refractivity (Wildman–Crippen MR) is 67.5 cm³/mol. The quantitative estimate of drug-likeness (QED) is 0.738. The van der Waals surface area contributed by atoms with E-state index < -0.39 is 21.8 Å². The van der Waals surface area contributed by atoms with E-state index in [2.05, 4.69) is 5.32 Å². The van der Waals surface area contributed by atoms with Crippen LogP contribution in [0.3, 0.4) is 0 Å². The molecule has 1 heterocycles. The summed E-state index contributed by atoms with van der Waals surface area (Å²) in [5.74, 6) is -0.937. The number of hydrogen-bond acceptors (Lipinski definition) is 4. The number of carboxylic acids is 1. The molecular formula is C11H18N2O5S. The second-order valence-electron chi connectivity index (χ2n) is 5.19. The van der Waals surface area contributed by atoms with Gasteiger partial charge in [-0.05, 0) is 18.8 Å². The van der Waals surface area contributed by atoms with Gasteiger partial charge in [-0.25, -0.2) is 13.2 Å². The van der Waals surface area contributed by atoms with Crippen LogP contribution in [0, 0.1) is 5.92 Å². The average molecular weight is 290 g/mol. The van der Waals surface area contributed by atoms with E-state index in [0.717, 1.165) is 12.8 Å². The lowest BCUT2D eigenvalue weighted by atomic mass is 10.2. The van der Waals surface area contributed by atoms with Gasteiger partial charge in [-0.3, -0.25) is 4.79 Å². The van der Waals surface area contributed by atoms with Gasteiger partial charge in [0, 0.05) is 13.1 Å². The number of carboxylic acid groups (broad SMARTS) is 1. The maximum absolute atomic E-state index is 12.0. The van der Waals surface area contributed by atoms with E-state index in [1.807, 2.05) is 0 Å². The SMILES string of the molecule is O=C(O)CC1CS(=O)(=O)CCN1C(=O)NCC1CC1. The third kappa shape index (κ3) is 4.09. The van der Waals surface area contributed by atoms with Gasteiger partial charge in [-0.15, -0.1) is 0 Å². The van der Waals surface area contributed by atoms with E-state index in [0.29, 0.717) is 12.5 Å². The number of sulfone groups is 1. The highest BCUT2D eigenvalue weighted by Crippen LogP contribution is 2.27. The summed E-state index contributed by atoms with van der Waals surface area (Å²) >= 11 is 0. The molecule has 0 bridgehead atoms. The molecule has 0 spiro atoms. The zero-order valence-electron chi connectivity index (χ0n) is 10.5. The zero-order valence-corrected chi connectivity index (χ0v) is 11.4. The van der Waals surface area contributed by atoms with Gasteiger partial charge in [-0.2, -0.15) is 0 Å². The van der Waals surface area contributed by atoms with Crippen LogP contribution in [0.4, 0.5) is 4.79 Å². The maximum Gasteiger partial charge on any atom is 0.317 e. The van der Waals surface area contributed by atoms with Crippen molar-refractivity contribution in [1.82, 2.24) is 10.2 Å². The van der Waals surface area contributed by atoms with E-state index >= 15 is 0 Å². The summed E-state index contributed by atoms with van der Waals surface area (Å²) in [5, 5.41) is 11.6. The Bertz CT molecular complexity index is 471. The molecule has 0 radical (unpaired) electrons. The first kappa shape index (κ1) is 14.1. The number of rotatable bonds is 4. The van der Waals surface area contributed by atoms with Gasteiger partial charge in [0.25, 0.3) is 0 Å². The van der Waals surface area contributed by atoms with Gasteiger partial charge in [0.15, 0.2) is 9.84 Å². The molecule has 0 aromatic heterocycles. The van der Waals surface area contributed by atoms with Crippen LogP contribution in [0.2, 0.25) is 0 Å². The van der Waals surface area contributed by atoms with Crippen molar-refractivity contribution in [1.29, 1.82) is 0 Å². The summed E-state index contributed by atoms with van der Waals surface area (Å²) in [6, 6.07) is -1.12. The topological polar surface area (TPSA) is 104 Å². The highest BCUT2D eigenvalue weighted by molar-refractivity contribution is 7.91. The number of aliphatic carboxylic acids is 1. The Morgan fingerprint density at radius 3 is 2.58 bits per heavy atom.